The van der Waals surface area contributed by atoms with Crippen molar-refractivity contribution in [1.82, 2.24) is 9.97 Å². The molecule has 5 nitrogen and oxygen atoms in total. The minimum atomic E-state index is -3.12. The normalized spacial score (nSPS) is 11.9. The zero-order valence-corrected chi connectivity index (χ0v) is 12.2. The summed E-state index contributed by atoms with van der Waals surface area (Å²) in [5, 5.41) is 3.95. The van der Waals surface area contributed by atoms with Crippen LogP contribution in [-0.4, -0.2) is 31.7 Å². The first-order valence-electron chi connectivity index (χ1n) is 5.57. The number of anilines is 1. The summed E-state index contributed by atoms with van der Waals surface area (Å²) in [5.41, 5.74) is 0. The topological polar surface area (TPSA) is 72.0 Å². The monoisotopic (exact) mass is 285 g/mol. The van der Waals surface area contributed by atoms with Gasteiger partial charge in [-0.3, -0.25) is 0 Å². The molecular weight excluding hydrogens is 270 g/mol. The lowest BCUT2D eigenvalue weighted by Crippen LogP contribution is -2.06. The van der Waals surface area contributed by atoms with E-state index in [1.165, 1.54) is 11.1 Å². The minimum Gasteiger partial charge on any atom is -0.372 e. The molecule has 0 spiro atoms. The Labute approximate surface area is 110 Å². The second-order valence-corrected chi connectivity index (χ2v) is 7.35. The predicted molar refractivity (Wildman–Crippen MR) is 74.9 cm³/mol. The van der Waals surface area contributed by atoms with E-state index in [-0.39, 0.29) is 5.75 Å². The molecule has 2 heterocycles. The summed E-state index contributed by atoms with van der Waals surface area (Å²) in [4.78, 5) is 10.6. The molecule has 7 heteroatoms. The summed E-state index contributed by atoms with van der Waals surface area (Å²) in [6.45, 7) is 2.08. The molecule has 0 aliphatic carbocycles. The Kier molecular flexibility index (Phi) is 3.54. The minimum absolute atomic E-state index is 0.128. The number of thiophene rings is 1. The number of rotatable bonds is 4. The van der Waals surface area contributed by atoms with Crippen molar-refractivity contribution in [2.75, 3.05) is 18.6 Å². The third kappa shape index (κ3) is 2.78. The van der Waals surface area contributed by atoms with Crippen molar-refractivity contribution in [3.05, 3.63) is 16.8 Å². The first kappa shape index (κ1) is 13.2. The fraction of sp³-hybridized carbons (Fsp3) is 0.455. The van der Waals surface area contributed by atoms with Gasteiger partial charge in [-0.05, 0) is 12.5 Å². The van der Waals surface area contributed by atoms with Gasteiger partial charge in [-0.25, -0.2) is 18.4 Å². The molecule has 0 aliphatic rings. The number of hydrogen-bond donors (Lipinski definition) is 1. The van der Waals surface area contributed by atoms with E-state index >= 15 is 0 Å². The van der Waals surface area contributed by atoms with Crippen LogP contribution >= 0.6 is 11.3 Å². The number of fused-ring (bicyclic) bond motifs is 1. The molecule has 0 radical (unpaired) electrons. The average Bonchev–Trinajstić information content (AvgIpc) is 2.68. The van der Waals surface area contributed by atoms with Gasteiger partial charge in [0.25, 0.3) is 0 Å². The Morgan fingerprint density at radius 1 is 1.39 bits per heavy atom. The van der Waals surface area contributed by atoms with Crippen LogP contribution in [0.2, 0.25) is 0 Å². The lowest BCUT2D eigenvalue weighted by Gasteiger charge is -2.04. The largest absolute Gasteiger partial charge is 0.372 e. The van der Waals surface area contributed by atoms with Gasteiger partial charge in [0.15, 0.2) is 9.84 Å². The van der Waals surface area contributed by atoms with Crippen LogP contribution in [0.25, 0.3) is 10.2 Å². The summed E-state index contributed by atoms with van der Waals surface area (Å²) in [7, 11) is -1.34. The Morgan fingerprint density at radius 2 is 2.11 bits per heavy atom. The molecule has 1 N–H and O–H groups in total. The number of sulfone groups is 1. The van der Waals surface area contributed by atoms with E-state index in [9.17, 15) is 8.42 Å². The van der Waals surface area contributed by atoms with Crippen LogP contribution in [-0.2, 0) is 22.0 Å². The quantitative estimate of drug-likeness (QED) is 0.928. The standard InChI is InChI=1S/C11H15N3O2S2/c1-4-7-5-8-10(12-2)13-9(6-18(3,15)16)14-11(8)17-7/h5H,4,6H2,1-3H3,(H,12,13,14). The molecular formula is C11H15N3O2S2. The molecule has 2 aromatic rings. The molecule has 0 amide bonds. The van der Waals surface area contributed by atoms with Gasteiger partial charge in [0, 0.05) is 18.2 Å². The lowest BCUT2D eigenvalue weighted by molar-refractivity contribution is 0.600. The van der Waals surface area contributed by atoms with Crippen molar-refractivity contribution in [2.45, 2.75) is 19.1 Å². The second-order valence-electron chi connectivity index (χ2n) is 4.09. The van der Waals surface area contributed by atoms with Crippen LogP contribution in [0.3, 0.4) is 0 Å². The Morgan fingerprint density at radius 3 is 2.67 bits per heavy atom. The van der Waals surface area contributed by atoms with Gasteiger partial charge >= 0.3 is 0 Å². The molecule has 0 fully saturated rings. The van der Waals surface area contributed by atoms with Gasteiger partial charge in [-0.2, -0.15) is 0 Å². The molecule has 0 bridgehead atoms. The number of nitrogens with one attached hydrogen (secondary N) is 1. The lowest BCUT2D eigenvalue weighted by atomic mass is 10.3. The van der Waals surface area contributed by atoms with Crippen molar-refractivity contribution in [3.8, 4) is 0 Å². The van der Waals surface area contributed by atoms with Gasteiger partial charge in [0.05, 0.1) is 5.39 Å². The van der Waals surface area contributed by atoms with E-state index in [4.69, 9.17) is 0 Å². The molecule has 2 rings (SSSR count). The highest BCUT2D eigenvalue weighted by molar-refractivity contribution is 7.89. The van der Waals surface area contributed by atoms with E-state index in [1.54, 1.807) is 18.4 Å². The van der Waals surface area contributed by atoms with Gasteiger partial charge in [0.1, 0.15) is 22.2 Å². The third-order valence-electron chi connectivity index (χ3n) is 2.47. The highest BCUT2D eigenvalue weighted by Crippen LogP contribution is 2.29. The molecule has 98 valence electrons. The van der Waals surface area contributed by atoms with E-state index in [1.807, 2.05) is 0 Å². The second kappa shape index (κ2) is 4.81. The van der Waals surface area contributed by atoms with Crippen molar-refractivity contribution >= 4 is 37.2 Å². The summed E-state index contributed by atoms with van der Waals surface area (Å²) in [5.74, 6) is 0.908. The van der Waals surface area contributed by atoms with Gasteiger partial charge in [-0.1, -0.05) is 6.92 Å². The van der Waals surface area contributed by atoms with Crippen molar-refractivity contribution < 1.29 is 8.42 Å². The van der Waals surface area contributed by atoms with Crippen molar-refractivity contribution in [1.29, 1.82) is 0 Å². The number of aromatic nitrogens is 2. The zero-order chi connectivity index (χ0) is 13.3. The van der Waals surface area contributed by atoms with Gasteiger partial charge in [-0.15, -0.1) is 11.3 Å². The Bertz CT molecular complexity index is 677. The van der Waals surface area contributed by atoms with Crippen molar-refractivity contribution in [3.63, 3.8) is 0 Å². The highest BCUT2D eigenvalue weighted by atomic mass is 32.2. The Hall–Kier alpha value is -1.21. The van der Waals surface area contributed by atoms with E-state index in [0.717, 1.165) is 16.6 Å². The maximum absolute atomic E-state index is 11.3. The molecule has 0 saturated carbocycles. The molecule has 0 aliphatic heterocycles. The number of hydrogen-bond acceptors (Lipinski definition) is 6. The van der Waals surface area contributed by atoms with Gasteiger partial charge < -0.3 is 5.32 Å². The van der Waals surface area contributed by atoms with Crippen LogP contribution in [0.4, 0.5) is 5.82 Å². The van der Waals surface area contributed by atoms with Crippen LogP contribution in [0.5, 0.6) is 0 Å². The molecule has 0 unspecified atom stereocenters. The SMILES string of the molecule is CCc1cc2c(NC)nc(CS(C)(=O)=O)nc2s1. The molecule has 2 aromatic heterocycles. The van der Waals surface area contributed by atoms with E-state index < -0.39 is 9.84 Å². The fourth-order valence-corrected chi connectivity index (χ4v) is 3.26. The third-order valence-corrected chi connectivity index (χ3v) is 4.42. The van der Waals surface area contributed by atoms with E-state index in [0.29, 0.717) is 11.6 Å². The predicted octanol–water partition coefficient (Wildman–Crippen LogP) is 1.84. The average molecular weight is 285 g/mol. The fourth-order valence-electron chi connectivity index (χ4n) is 1.68. The molecule has 0 aromatic carbocycles. The summed E-state index contributed by atoms with van der Waals surface area (Å²) in [6.07, 6.45) is 2.12. The first-order valence-corrected chi connectivity index (χ1v) is 8.45. The highest BCUT2D eigenvalue weighted by Gasteiger charge is 2.13. The number of aryl methyl sites for hydroxylation is 1. The first-order chi connectivity index (χ1) is 8.43. The van der Waals surface area contributed by atoms with Crippen LogP contribution in [0.15, 0.2) is 6.07 Å². The smallest absolute Gasteiger partial charge is 0.154 e. The van der Waals surface area contributed by atoms with Gasteiger partial charge in [0.2, 0.25) is 0 Å². The van der Waals surface area contributed by atoms with Crippen LogP contribution in [0.1, 0.15) is 17.6 Å². The van der Waals surface area contributed by atoms with E-state index in [2.05, 4.69) is 28.3 Å². The van der Waals surface area contributed by atoms with Crippen LogP contribution in [0, 0.1) is 0 Å². The van der Waals surface area contributed by atoms with Crippen molar-refractivity contribution in [2.24, 2.45) is 0 Å². The summed E-state index contributed by atoms with van der Waals surface area (Å²) < 4.78 is 22.6. The zero-order valence-electron chi connectivity index (χ0n) is 10.5. The molecule has 18 heavy (non-hydrogen) atoms. The van der Waals surface area contributed by atoms with Crippen LogP contribution < -0.4 is 5.32 Å². The molecule has 0 saturated heterocycles. The number of nitrogens with zero attached hydrogens (tertiary/aromatic N) is 2. The summed E-state index contributed by atoms with van der Waals surface area (Å²) >= 11 is 1.58. The maximum atomic E-state index is 11.3. The molecule has 0 atom stereocenters. The Balaban J connectivity index is 2.58. The maximum Gasteiger partial charge on any atom is 0.154 e. The summed E-state index contributed by atoms with van der Waals surface area (Å²) in [6, 6.07) is 2.05.